The number of rotatable bonds is 6. The van der Waals surface area contributed by atoms with Crippen LogP contribution in [0.3, 0.4) is 0 Å². The van der Waals surface area contributed by atoms with Crippen molar-refractivity contribution < 1.29 is 0 Å². The van der Waals surface area contributed by atoms with Gasteiger partial charge in [0.05, 0.1) is 8.07 Å². The summed E-state index contributed by atoms with van der Waals surface area (Å²) in [6, 6.07) is 14.4. The fraction of sp³-hybridized carbons (Fsp3) is 0.375. The van der Waals surface area contributed by atoms with Gasteiger partial charge in [-0.1, -0.05) is 93.2 Å². The van der Waals surface area contributed by atoms with Crippen molar-refractivity contribution in [1.29, 1.82) is 0 Å². The molecule has 92 valence electrons. The third kappa shape index (κ3) is 3.44. The van der Waals surface area contributed by atoms with Gasteiger partial charge in [0.2, 0.25) is 0 Å². The van der Waals surface area contributed by atoms with E-state index in [0.717, 1.165) is 0 Å². The average molecular weight is 244 g/mol. The topological polar surface area (TPSA) is 0 Å². The second-order valence-electron chi connectivity index (χ2n) is 4.61. The maximum atomic E-state index is 4.33. The van der Waals surface area contributed by atoms with Crippen LogP contribution in [0.1, 0.15) is 26.3 Å². The summed E-state index contributed by atoms with van der Waals surface area (Å²) in [5.74, 6) is 0. The molecule has 0 amide bonds. The Morgan fingerprint density at radius 1 is 1.06 bits per heavy atom. The normalized spacial score (nSPS) is 11.9. The molecule has 0 radical (unpaired) electrons. The van der Waals surface area contributed by atoms with E-state index in [0.29, 0.717) is 0 Å². The minimum atomic E-state index is -1.26. The van der Waals surface area contributed by atoms with Crippen molar-refractivity contribution in [2.75, 3.05) is 0 Å². The molecule has 0 spiro atoms. The molecule has 0 aromatic heterocycles. The molecular formula is C16H24Si. The fourth-order valence-corrected chi connectivity index (χ4v) is 5.67. The van der Waals surface area contributed by atoms with Crippen molar-refractivity contribution in [3.63, 3.8) is 0 Å². The van der Waals surface area contributed by atoms with E-state index in [-0.39, 0.29) is 0 Å². The Balaban J connectivity index is 2.81. The van der Waals surface area contributed by atoms with Crippen LogP contribution in [-0.2, 0) is 0 Å². The van der Waals surface area contributed by atoms with Gasteiger partial charge in [0.25, 0.3) is 0 Å². The van der Waals surface area contributed by atoms with Crippen LogP contribution >= 0.6 is 0 Å². The van der Waals surface area contributed by atoms with E-state index >= 15 is 0 Å². The Kier molecular flexibility index (Phi) is 5.43. The van der Waals surface area contributed by atoms with E-state index in [2.05, 4.69) is 69.8 Å². The summed E-state index contributed by atoms with van der Waals surface area (Å²) in [6.45, 7) is 11.3. The summed E-state index contributed by atoms with van der Waals surface area (Å²) in [7, 11) is -1.26. The van der Waals surface area contributed by atoms with E-state index in [1.807, 2.05) is 0 Å². The largest absolute Gasteiger partial charge is 0.0998 e. The van der Waals surface area contributed by atoms with Crippen LogP contribution in [-0.4, -0.2) is 8.07 Å². The summed E-state index contributed by atoms with van der Waals surface area (Å²) in [6.07, 6.45) is 4.45. The standard InChI is InChI=1S/C16H24Si/c1-5-17(6-2,7-3)15(4)13-14-16-11-9-8-10-12-16/h8-14H,4-7H2,1-3H3/b14-13+. The number of benzene rings is 1. The van der Waals surface area contributed by atoms with Gasteiger partial charge in [0.15, 0.2) is 0 Å². The zero-order valence-corrected chi connectivity index (χ0v) is 12.4. The first-order valence-electron chi connectivity index (χ1n) is 6.61. The summed E-state index contributed by atoms with van der Waals surface area (Å²) >= 11 is 0. The summed E-state index contributed by atoms with van der Waals surface area (Å²) in [4.78, 5) is 0. The molecule has 0 aliphatic heterocycles. The van der Waals surface area contributed by atoms with Gasteiger partial charge in [-0.15, -0.1) is 0 Å². The van der Waals surface area contributed by atoms with E-state index in [1.54, 1.807) is 0 Å². The third-order valence-corrected chi connectivity index (χ3v) is 9.58. The molecule has 0 nitrogen and oxygen atoms in total. The molecule has 0 N–H and O–H groups in total. The predicted octanol–water partition coefficient (Wildman–Crippen LogP) is 5.30. The van der Waals surface area contributed by atoms with Gasteiger partial charge < -0.3 is 0 Å². The van der Waals surface area contributed by atoms with Crippen molar-refractivity contribution in [3.8, 4) is 0 Å². The SMILES string of the molecule is C=C(/C=C/c1ccccc1)[Si](CC)(CC)CC. The minimum absolute atomic E-state index is 1.26. The fourth-order valence-electron chi connectivity index (χ4n) is 2.37. The number of allylic oxidation sites excluding steroid dienone is 2. The van der Waals surface area contributed by atoms with Crippen molar-refractivity contribution in [1.82, 2.24) is 0 Å². The molecule has 1 heteroatoms. The zero-order chi connectivity index (χ0) is 12.7. The molecule has 0 fully saturated rings. The quantitative estimate of drug-likeness (QED) is 0.470. The van der Waals surface area contributed by atoms with Crippen LogP contribution < -0.4 is 0 Å². The second kappa shape index (κ2) is 6.60. The first-order chi connectivity index (χ1) is 8.18. The Labute approximate surface area is 107 Å². The van der Waals surface area contributed by atoms with E-state index in [1.165, 1.54) is 28.9 Å². The molecule has 0 atom stereocenters. The lowest BCUT2D eigenvalue weighted by atomic mass is 10.2. The van der Waals surface area contributed by atoms with Crippen molar-refractivity contribution in [2.45, 2.75) is 38.9 Å². The van der Waals surface area contributed by atoms with Crippen LogP contribution in [0, 0.1) is 0 Å². The number of hydrogen-bond donors (Lipinski definition) is 0. The monoisotopic (exact) mass is 244 g/mol. The minimum Gasteiger partial charge on any atom is -0.0998 e. The van der Waals surface area contributed by atoms with Crippen LogP contribution in [0.5, 0.6) is 0 Å². The van der Waals surface area contributed by atoms with Crippen LogP contribution in [0.25, 0.3) is 6.08 Å². The van der Waals surface area contributed by atoms with Gasteiger partial charge in [-0.3, -0.25) is 0 Å². The maximum absolute atomic E-state index is 4.33. The van der Waals surface area contributed by atoms with Crippen LogP contribution in [0.2, 0.25) is 18.1 Å². The lowest BCUT2D eigenvalue weighted by molar-refractivity contribution is 1.18. The summed E-state index contributed by atoms with van der Waals surface area (Å²) in [5, 5.41) is 1.40. The lowest BCUT2D eigenvalue weighted by Gasteiger charge is -2.28. The number of hydrogen-bond acceptors (Lipinski definition) is 0. The average Bonchev–Trinajstić information content (AvgIpc) is 2.40. The van der Waals surface area contributed by atoms with Gasteiger partial charge in [-0.25, -0.2) is 0 Å². The molecule has 17 heavy (non-hydrogen) atoms. The molecule has 0 bridgehead atoms. The Morgan fingerprint density at radius 3 is 2.06 bits per heavy atom. The van der Waals surface area contributed by atoms with Gasteiger partial charge >= 0.3 is 0 Å². The van der Waals surface area contributed by atoms with Gasteiger partial charge in [-0.2, -0.15) is 0 Å². The smallest absolute Gasteiger partial charge is 0.0851 e. The summed E-state index contributed by atoms with van der Waals surface area (Å²) in [5.41, 5.74) is 1.26. The van der Waals surface area contributed by atoms with Crippen LogP contribution in [0.4, 0.5) is 0 Å². The highest BCUT2D eigenvalue weighted by Gasteiger charge is 2.28. The second-order valence-corrected chi connectivity index (χ2v) is 9.93. The van der Waals surface area contributed by atoms with E-state index in [4.69, 9.17) is 0 Å². The van der Waals surface area contributed by atoms with Crippen molar-refractivity contribution in [3.05, 3.63) is 53.7 Å². The Morgan fingerprint density at radius 2 is 1.59 bits per heavy atom. The molecule has 0 aliphatic rings. The molecule has 0 saturated carbocycles. The molecular weight excluding hydrogens is 220 g/mol. The lowest BCUT2D eigenvalue weighted by Crippen LogP contribution is -2.33. The van der Waals surface area contributed by atoms with E-state index < -0.39 is 8.07 Å². The van der Waals surface area contributed by atoms with Gasteiger partial charge in [-0.05, 0) is 5.56 Å². The molecule has 0 unspecified atom stereocenters. The maximum Gasteiger partial charge on any atom is 0.0851 e. The van der Waals surface area contributed by atoms with Gasteiger partial charge in [0, 0.05) is 0 Å². The van der Waals surface area contributed by atoms with Gasteiger partial charge in [0.1, 0.15) is 0 Å². The third-order valence-electron chi connectivity index (χ3n) is 3.99. The zero-order valence-electron chi connectivity index (χ0n) is 11.4. The highest BCUT2D eigenvalue weighted by Crippen LogP contribution is 2.28. The van der Waals surface area contributed by atoms with Crippen molar-refractivity contribution >= 4 is 14.1 Å². The predicted molar refractivity (Wildman–Crippen MR) is 81.8 cm³/mol. The Hall–Kier alpha value is -1.08. The molecule has 0 heterocycles. The van der Waals surface area contributed by atoms with E-state index in [9.17, 15) is 0 Å². The highest BCUT2D eigenvalue weighted by atomic mass is 28.3. The molecule has 1 rings (SSSR count). The first-order valence-corrected chi connectivity index (χ1v) is 9.23. The molecule has 0 saturated heterocycles. The molecule has 0 aliphatic carbocycles. The molecule has 1 aromatic rings. The van der Waals surface area contributed by atoms with Crippen molar-refractivity contribution in [2.24, 2.45) is 0 Å². The Bertz CT molecular complexity index is 364. The highest BCUT2D eigenvalue weighted by molar-refractivity contribution is 6.86. The molecule has 1 aromatic carbocycles. The van der Waals surface area contributed by atoms with Crippen LogP contribution in [0.15, 0.2) is 48.2 Å². The first kappa shape index (κ1) is 14.0. The summed E-state index contributed by atoms with van der Waals surface area (Å²) < 4.78 is 0.